The van der Waals surface area contributed by atoms with Gasteiger partial charge in [0.25, 0.3) is 11.8 Å². The predicted molar refractivity (Wildman–Crippen MR) is 112 cm³/mol. The van der Waals surface area contributed by atoms with Crippen LogP contribution in [0.4, 0.5) is 5.69 Å². The number of ether oxygens (including phenoxy) is 1. The quantitative estimate of drug-likeness (QED) is 0.606. The summed E-state index contributed by atoms with van der Waals surface area (Å²) in [7, 11) is 0. The largest absolute Gasteiger partial charge is 0.454 e. The van der Waals surface area contributed by atoms with E-state index >= 15 is 0 Å². The minimum Gasteiger partial charge on any atom is -0.454 e. The molecule has 0 unspecified atom stereocenters. The fourth-order valence-corrected chi connectivity index (χ4v) is 2.80. The van der Waals surface area contributed by atoms with Crippen molar-refractivity contribution in [2.24, 2.45) is 0 Å². The number of aryl methyl sites for hydroxylation is 1. The topological polar surface area (TPSA) is 84.5 Å². The molecule has 0 radical (unpaired) electrons. The lowest BCUT2D eigenvalue weighted by molar-refractivity contribution is -0.146. The SMILES string of the molecule is CCc1ccc(NC(=O)COC(=O)CNC(=O)c2ccc3ccccc3c2)cc1. The molecule has 2 amide bonds. The van der Waals surface area contributed by atoms with Crippen molar-refractivity contribution in [3.63, 3.8) is 0 Å². The Morgan fingerprint density at radius 2 is 1.62 bits per heavy atom. The van der Waals surface area contributed by atoms with Gasteiger partial charge >= 0.3 is 5.97 Å². The fourth-order valence-electron chi connectivity index (χ4n) is 2.80. The van der Waals surface area contributed by atoms with Gasteiger partial charge in [-0.05, 0) is 47.0 Å². The first-order chi connectivity index (χ1) is 14.0. The van der Waals surface area contributed by atoms with Crippen molar-refractivity contribution in [2.75, 3.05) is 18.5 Å². The molecule has 0 aliphatic carbocycles. The highest BCUT2D eigenvalue weighted by Crippen LogP contribution is 2.15. The van der Waals surface area contributed by atoms with Crippen LogP contribution in [0.2, 0.25) is 0 Å². The molecule has 0 fully saturated rings. The summed E-state index contributed by atoms with van der Waals surface area (Å²) < 4.78 is 4.91. The molecular weight excluding hydrogens is 368 g/mol. The molecule has 0 atom stereocenters. The summed E-state index contributed by atoms with van der Waals surface area (Å²) in [5.74, 6) is -1.51. The lowest BCUT2D eigenvalue weighted by atomic mass is 10.1. The molecule has 0 heterocycles. The van der Waals surface area contributed by atoms with E-state index in [4.69, 9.17) is 4.74 Å². The van der Waals surface area contributed by atoms with Crippen molar-refractivity contribution in [3.05, 3.63) is 77.9 Å². The normalized spacial score (nSPS) is 10.4. The van der Waals surface area contributed by atoms with Gasteiger partial charge in [-0.2, -0.15) is 0 Å². The van der Waals surface area contributed by atoms with Crippen LogP contribution in [-0.4, -0.2) is 30.9 Å². The van der Waals surface area contributed by atoms with Gasteiger partial charge in [0, 0.05) is 11.3 Å². The summed E-state index contributed by atoms with van der Waals surface area (Å²) in [4.78, 5) is 35.9. The van der Waals surface area contributed by atoms with E-state index in [1.807, 2.05) is 49.4 Å². The Bertz CT molecular complexity index is 1030. The standard InChI is InChI=1S/C23H22N2O4/c1-2-16-7-11-20(12-8-16)25-21(26)15-29-22(27)14-24-23(28)19-10-9-17-5-3-4-6-18(17)13-19/h3-13H,2,14-15H2,1H3,(H,24,28)(H,25,26). The van der Waals surface area contributed by atoms with Gasteiger partial charge in [0.1, 0.15) is 6.54 Å². The Morgan fingerprint density at radius 3 is 2.34 bits per heavy atom. The van der Waals surface area contributed by atoms with Gasteiger partial charge in [-0.3, -0.25) is 14.4 Å². The van der Waals surface area contributed by atoms with Crippen molar-refractivity contribution in [1.29, 1.82) is 0 Å². The van der Waals surface area contributed by atoms with Gasteiger partial charge < -0.3 is 15.4 Å². The maximum absolute atomic E-state index is 12.2. The predicted octanol–water partition coefficient (Wildman–Crippen LogP) is 3.31. The highest BCUT2D eigenvalue weighted by Gasteiger charge is 2.11. The number of rotatable bonds is 7. The van der Waals surface area contributed by atoms with E-state index in [2.05, 4.69) is 10.6 Å². The number of benzene rings is 3. The molecule has 0 saturated carbocycles. The van der Waals surface area contributed by atoms with Gasteiger partial charge in [0.15, 0.2) is 6.61 Å². The van der Waals surface area contributed by atoms with Crippen LogP contribution in [0.15, 0.2) is 66.7 Å². The number of nitrogens with one attached hydrogen (secondary N) is 2. The van der Waals surface area contributed by atoms with E-state index in [-0.39, 0.29) is 12.5 Å². The lowest BCUT2D eigenvalue weighted by Crippen LogP contribution is -2.32. The van der Waals surface area contributed by atoms with E-state index in [1.54, 1.807) is 24.3 Å². The Labute approximate surface area is 168 Å². The maximum atomic E-state index is 12.2. The van der Waals surface area contributed by atoms with E-state index in [9.17, 15) is 14.4 Å². The minimum atomic E-state index is -0.685. The molecule has 148 valence electrons. The number of amides is 2. The first-order valence-corrected chi connectivity index (χ1v) is 9.36. The molecule has 0 aromatic heterocycles. The van der Waals surface area contributed by atoms with Crippen molar-refractivity contribution in [3.8, 4) is 0 Å². The molecule has 6 nitrogen and oxygen atoms in total. The highest BCUT2D eigenvalue weighted by atomic mass is 16.5. The zero-order valence-corrected chi connectivity index (χ0v) is 16.1. The zero-order chi connectivity index (χ0) is 20.6. The van der Waals surface area contributed by atoms with Crippen LogP contribution in [-0.2, 0) is 20.7 Å². The second kappa shape index (κ2) is 9.50. The van der Waals surface area contributed by atoms with Crippen LogP contribution in [0.5, 0.6) is 0 Å². The van der Waals surface area contributed by atoms with Crippen molar-refractivity contribution in [1.82, 2.24) is 5.32 Å². The summed E-state index contributed by atoms with van der Waals surface area (Å²) in [5, 5.41) is 7.12. The van der Waals surface area contributed by atoms with E-state index in [0.717, 1.165) is 22.8 Å². The Kier molecular flexibility index (Phi) is 6.58. The molecule has 0 aliphatic heterocycles. The zero-order valence-electron chi connectivity index (χ0n) is 16.1. The van der Waals surface area contributed by atoms with E-state index in [0.29, 0.717) is 11.3 Å². The van der Waals surface area contributed by atoms with E-state index in [1.165, 1.54) is 0 Å². The highest BCUT2D eigenvalue weighted by molar-refractivity contribution is 6.00. The number of carbonyl (C=O) groups excluding carboxylic acids is 3. The Hall–Kier alpha value is -3.67. The third-order valence-electron chi connectivity index (χ3n) is 4.42. The van der Waals surface area contributed by atoms with Crippen LogP contribution in [0.25, 0.3) is 10.8 Å². The third kappa shape index (κ3) is 5.65. The van der Waals surface area contributed by atoms with Crippen molar-refractivity contribution < 1.29 is 19.1 Å². The number of hydrogen-bond donors (Lipinski definition) is 2. The first kappa shape index (κ1) is 20.1. The van der Waals surface area contributed by atoms with Gasteiger partial charge in [0.05, 0.1) is 0 Å². The first-order valence-electron chi connectivity index (χ1n) is 9.36. The summed E-state index contributed by atoms with van der Waals surface area (Å²) in [6.07, 6.45) is 0.913. The number of carbonyl (C=O) groups is 3. The van der Waals surface area contributed by atoms with Crippen LogP contribution in [0, 0.1) is 0 Å². The molecule has 3 aromatic carbocycles. The average Bonchev–Trinajstić information content (AvgIpc) is 2.76. The third-order valence-corrected chi connectivity index (χ3v) is 4.42. The number of fused-ring (bicyclic) bond motifs is 1. The number of esters is 1. The summed E-state index contributed by atoms with van der Waals surface area (Å²) in [5.41, 5.74) is 2.24. The second-order valence-corrected chi connectivity index (χ2v) is 6.50. The van der Waals surface area contributed by atoms with Crippen molar-refractivity contribution in [2.45, 2.75) is 13.3 Å². The molecule has 0 saturated heterocycles. The van der Waals surface area contributed by atoms with Crippen LogP contribution < -0.4 is 10.6 Å². The molecule has 0 spiro atoms. The summed E-state index contributed by atoms with van der Waals surface area (Å²) >= 11 is 0. The Morgan fingerprint density at radius 1 is 0.897 bits per heavy atom. The van der Waals surface area contributed by atoms with Crippen LogP contribution >= 0.6 is 0 Å². The van der Waals surface area contributed by atoms with Gasteiger partial charge in [-0.25, -0.2) is 0 Å². The molecular formula is C23H22N2O4. The molecule has 3 rings (SSSR count). The maximum Gasteiger partial charge on any atom is 0.325 e. The summed E-state index contributed by atoms with van der Waals surface area (Å²) in [6.45, 7) is 1.32. The molecule has 0 aliphatic rings. The van der Waals surface area contributed by atoms with Gasteiger partial charge in [0.2, 0.25) is 0 Å². The monoisotopic (exact) mass is 390 g/mol. The van der Waals surface area contributed by atoms with Crippen LogP contribution in [0.3, 0.4) is 0 Å². The van der Waals surface area contributed by atoms with E-state index < -0.39 is 18.5 Å². The average molecular weight is 390 g/mol. The molecule has 3 aromatic rings. The smallest absolute Gasteiger partial charge is 0.325 e. The van der Waals surface area contributed by atoms with Crippen molar-refractivity contribution >= 4 is 34.2 Å². The fraction of sp³-hybridized carbons (Fsp3) is 0.174. The number of anilines is 1. The molecule has 0 bridgehead atoms. The lowest BCUT2D eigenvalue weighted by Gasteiger charge is -2.08. The molecule has 29 heavy (non-hydrogen) atoms. The Balaban J connectivity index is 1.43. The van der Waals surface area contributed by atoms with Gasteiger partial charge in [-0.15, -0.1) is 0 Å². The second-order valence-electron chi connectivity index (χ2n) is 6.50. The summed E-state index contributed by atoms with van der Waals surface area (Å²) in [6, 6.07) is 20.4. The van der Waals surface area contributed by atoms with Gasteiger partial charge in [-0.1, -0.05) is 49.4 Å². The van der Waals surface area contributed by atoms with Crippen LogP contribution in [0.1, 0.15) is 22.8 Å². The molecule has 6 heteroatoms. The molecule has 2 N–H and O–H groups in total. The number of hydrogen-bond acceptors (Lipinski definition) is 4. The minimum absolute atomic E-state index is 0.315.